The molecule has 26 heavy (non-hydrogen) atoms. The molecule has 0 radical (unpaired) electrons. The first-order chi connectivity index (χ1) is 12.1. The standard InChI is InChI=1S/C19H17F3N2O2/c1-11-5-4-6-12(2)16(11)18(26)24-15-9-7-14(8-10-15)23-17(25)13(3)19(20,21)22/h4-10H,3H2,1-2H3,(H,23,25)(H,24,26). The fourth-order valence-electron chi connectivity index (χ4n) is 2.34. The lowest BCUT2D eigenvalue weighted by Crippen LogP contribution is -2.24. The SMILES string of the molecule is C=C(C(=O)Nc1ccc(NC(=O)c2c(C)cccc2C)cc1)C(F)(F)F. The highest BCUT2D eigenvalue weighted by atomic mass is 19.4. The lowest BCUT2D eigenvalue weighted by Gasteiger charge is -2.12. The summed E-state index contributed by atoms with van der Waals surface area (Å²) < 4.78 is 37.3. The van der Waals surface area contributed by atoms with E-state index in [0.29, 0.717) is 11.3 Å². The lowest BCUT2D eigenvalue weighted by atomic mass is 10.0. The second-order valence-corrected chi connectivity index (χ2v) is 5.73. The molecule has 2 amide bonds. The van der Waals surface area contributed by atoms with Gasteiger partial charge < -0.3 is 10.6 Å². The Hall–Kier alpha value is -3.09. The van der Waals surface area contributed by atoms with Crippen LogP contribution >= 0.6 is 0 Å². The molecule has 0 aromatic heterocycles. The van der Waals surface area contributed by atoms with Crippen molar-refractivity contribution in [2.45, 2.75) is 20.0 Å². The van der Waals surface area contributed by atoms with Gasteiger partial charge in [0.25, 0.3) is 11.8 Å². The number of hydrogen-bond donors (Lipinski definition) is 2. The Kier molecular flexibility index (Phi) is 5.50. The van der Waals surface area contributed by atoms with Crippen molar-refractivity contribution in [1.29, 1.82) is 0 Å². The first kappa shape index (κ1) is 19.2. The fraction of sp³-hybridized carbons (Fsp3) is 0.158. The number of benzene rings is 2. The molecule has 0 aliphatic rings. The van der Waals surface area contributed by atoms with Gasteiger partial charge in [0.2, 0.25) is 0 Å². The zero-order valence-corrected chi connectivity index (χ0v) is 14.2. The van der Waals surface area contributed by atoms with Gasteiger partial charge in [-0.1, -0.05) is 24.8 Å². The molecular formula is C19H17F3N2O2. The maximum absolute atomic E-state index is 12.4. The minimum atomic E-state index is -4.79. The summed E-state index contributed by atoms with van der Waals surface area (Å²) in [7, 11) is 0. The van der Waals surface area contributed by atoms with Gasteiger partial charge in [-0.3, -0.25) is 9.59 Å². The summed E-state index contributed by atoms with van der Waals surface area (Å²) in [6.45, 7) is 6.39. The van der Waals surface area contributed by atoms with E-state index in [2.05, 4.69) is 17.2 Å². The minimum absolute atomic E-state index is 0.158. The van der Waals surface area contributed by atoms with Crippen molar-refractivity contribution in [1.82, 2.24) is 0 Å². The van der Waals surface area contributed by atoms with E-state index in [9.17, 15) is 22.8 Å². The van der Waals surface area contributed by atoms with E-state index < -0.39 is 17.7 Å². The van der Waals surface area contributed by atoms with Crippen LogP contribution in [0.2, 0.25) is 0 Å². The highest BCUT2D eigenvalue weighted by Crippen LogP contribution is 2.25. The van der Waals surface area contributed by atoms with Crippen LogP contribution in [0.15, 0.2) is 54.6 Å². The third-order valence-corrected chi connectivity index (χ3v) is 3.73. The molecule has 0 fully saturated rings. The monoisotopic (exact) mass is 362 g/mol. The molecule has 136 valence electrons. The summed E-state index contributed by atoms with van der Waals surface area (Å²) in [5.74, 6) is -1.62. The molecule has 2 aromatic rings. The number of alkyl halides is 3. The molecule has 2 N–H and O–H groups in total. The molecule has 0 bridgehead atoms. The Labute approximate surface area is 148 Å². The number of nitrogens with one attached hydrogen (secondary N) is 2. The molecule has 0 saturated heterocycles. The molecule has 0 aliphatic heterocycles. The molecular weight excluding hydrogens is 345 g/mol. The van der Waals surface area contributed by atoms with Crippen LogP contribution < -0.4 is 10.6 Å². The third-order valence-electron chi connectivity index (χ3n) is 3.73. The van der Waals surface area contributed by atoms with Crippen LogP contribution in [0.4, 0.5) is 24.5 Å². The highest BCUT2D eigenvalue weighted by Gasteiger charge is 2.36. The summed E-state index contributed by atoms with van der Waals surface area (Å²) >= 11 is 0. The van der Waals surface area contributed by atoms with Crippen molar-refractivity contribution in [3.8, 4) is 0 Å². The average molecular weight is 362 g/mol. The Morgan fingerprint density at radius 3 is 1.81 bits per heavy atom. The summed E-state index contributed by atoms with van der Waals surface area (Å²) in [6, 6.07) is 11.3. The summed E-state index contributed by atoms with van der Waals surface area (Å²) in [6.07, 6.45) is -4.79. The molecule has 0 saturated carbocycles. The van der Waals surface area contributed by atoms with Crippen LogP contribution in [0.5, 0.6) is 0 Å². The van der Waals surface area contributed by atoms with E-state index >= 15 is 0 Å². The second kappa shape index (κ2) is 7.43. The van der Waals surface area contributed by atoms with Crippen LogP contribution in [-0.4, -0.2) is 18.0 Å². The summed E-state index contributed by atoms with van der Waals surface area (Å²) in [5, 5.41) is 4.83. The van der Waals surface area contributed by atoms with Gasteiger partial charge in [-0.15, -0.1) is 0 Å². The number of halogens is 3. The van der Waals surface area contributed by atoms with E-state index in [1.54, 1.807) is 0 Å². The number of rotatable bonds is 4. The number of hydrogen-bond acceptors (Lipinski definition) is 2. The maximum Gasteiger partial charge on any atom is 0.421 e. The Morgan fingerprint density at radius 1 is 0.885 bits per heavy atom. The number of carbonyl (C=O) groups excluding carboxylic acids is 2. The fourth-order valence-corrected chi connectivity index (χ4v) is 2.34. The van der Waals surface area contributed by atoms with Gasteiger partial charge in [0.15, 0.2) is 0 Å². The molecule has 0 aliphatic carbocycles. The van der Waals surface area contributed by atoms with Gasteiger partial charge in [-0.25, -0.2) is 0 Å². The van der Waals surface area contributed by atoms with Gasteiger partial charge in [0.05, 0.1) is 0 Å². The molecule has 0 spiro atoms. The Balaban J connectivity index is 2.07. The average Bonchev–Trinajstić information content (AvgIpc) is 2.55. The molecule has 4 nitrogen and oxygen atoms in total. The minimum Gasteiger partial charge on any atom is -0.322 e. The van der Waals surface area contributed by atoms with Crippen LogP contribution in [0.25, 0.3) is 0 Å². The van der Waals surface area contributed by atoms with Gasteiger partial charge in [0.1, 0.15) is 5.57 Å². The van der Waals surface area contributed by atoms with Crippen molar-refractivity contribution in [2.75, 3.05) is 10.6 Å². The van der Waals surface area contributed by atoms with E-state index in [0.717, 1.165) is 11.1 Å². The molecule has 2 aromatic carbocycles. The quantitative estimate of drug-likeness (QED) is 0.780. The van der Waals surface area contributed by atoms with Crippen molar-refractivity contribution >= 4 is 23.2 Å². The van der Waals surface area contributed by atoms with Crippen molar-refractivity contribution < 1.29 is 22.8 Å². The third kappa shape index (κ3) is 4.50. The number of anilines is 2. The Morgan fingerprint density at radius 2 is 1.35 bits per heavy atom. The van der Waals surface area contributed by atoms with Crippen molar-refractivity contribution in [2.24, 2.45) is 0 Å². The zero-order chi connectivity index (χ0) is 19.5. The Bertz CT molecular complexity index is 836. The van der Waals surface area contributed by atoms with Crippen LogP contribution in [0.1, 0.15) is 21.5 Å². The predicted octanol–water partition coefficient (Wildman–Crippen LogP) is 4.61. The van der Waals surface area contributed by atoms with Gasteiger partial charge in [-0.2, -0.15) is 13.2 Å². The summed E-state index contributed by atoms with van der Waals surface area (Å²) in [4.78, 5) is 23.9. The first-order valence-corrected chi connectivity index (χ1v) is 7.64. The topological polar surface area (TPSA) is 58.2 Å². The summed E-state index contributed by atoms with van der Waals surface area (Å²) in [5.41, 5.74) is 1.35. The van der Waals surface area contributed by atoms with Gasteiger partial charge >= 0.3 is 6.18 Å². The second-order valence-electron chi connectivity index (χ2n) is 5.73. The van der Waals surface area contributed by atoms with Crippen molar-refractivity contribution in [3.05, 3.63) is 71.3 Å². The van der Waals surface area contributed by atoms with E-state index in [1.807, 2.05) is 32.0 Å². The molecule has 0 unspecified atom stereocenters. The van der Waals surface area contributed by atoms with Crippen LogP contribution in [-0.2, 0) is 4.79 Å². The van der Waals surface area contributed by atoms with E-state index in [4.69, 9.17) is 0 Å². The largest absolute Gasteiger partial charge is 0.421 e. The normalized spacial score (nSPS) is 11.0. The number of amides is 2. The lowest BCUT2D eigenvalue weighted by molar-refractivity contribution is -0.126. The predicted molar refractivity (Wildman–Crippen MR) is 94.1 cm³/mol. The van der Waals surface area contributed by atoms with E-state index in [1.165, 1.54) is 24.3 Å². The maximum atomic E-state index is 12.4. The van der Waals surface area contributed by atoms with Gasteiger partial charge in [-0.05, 0) is 49.2 Å². The molecule has 0 atom stereocenters. The van der Waals surface area contributed by atoms with Crippen LogP contribution in [0, 0.1) is 13.8 Å². The molecule has 7 heteroatoms. The number of carbonyl (C=O) groups is 2. The van der Waals surface area contributed by atoms with Crippen molar-refractivity contribution in [3.63, 3.8) is 0 Å². The van der Waals surface area contributed by atoms with E-state index in [-0.39, 0.29) is 11.6 Å². The number of aryl methyl sites for hydroxylation is 2. The molecule has 0 heterocycles. The molecule has 2 rings (SSSR count). The van der Waals surface area contributed by atoms with Gasteiger partial charge in [0, 0.05) is 16.9 Å². The zero-order valence-electron chi connectivity index (χ0n) is 14.2. The smallest absolute Gasteiger partial charge is 0.322 e. The highest BCUT2D eigenvalue weighted by molar-refractivity contribution is 6.07. The van der Waals surface area contributed by atoms with Crippen LogP contribution in [0.3, 0.4) is 0 Å². The first-order valence-electron chi connectivity index (χ1n) is 7.64.